The fourth-order valence-corrected chi connectivity index (χ4v) is 2.34. The lowest BCUT2D eigenvalue weighted by Gasteiger charge is -2.32. The third kappa shape index (κ3) is 4.55. The topological polar surface area (TPSA) is 61.8 Å². The van der Waals surface area contributed by atoms with Gasteiger partial charge in [-0.05, 0) is 39.8 Å². The predicted octanol–water partition coefficient (Wildman–Crippen LogP) is 0.940. The maximum Gasteiger partial charge on any atom is 0.324 e. The Labute approximate surface area is 109 Å². The molecule has 2 unspecified atom stereocenters. The van der Waals surface area contributed by atoms with E-state index in [0.717, 1.165) is 39.0 Å². The number of nitrogens with one attached hydrogen (secondary N) is 1. The highest BCUT2D eigenvalue weighted by molar-refractivity contribution is 5.78. The van der Waals surface area contributed by atoms with E-state index in [1.165, 1.54) is 0 Å². The Kier molecular flexibility index (Phi) is 6.05. The van der Waals surface area contributed by atoms with Gasteiger partial charge in [-0.25, -0.2) is 0 Å². The van der Waals surface area contributed by atoms with Crippen LogP contribution in [0.4, 0.5) is 0 Å². The SMILES string of the molecule is CCCNC(C)(CN(C)CC1CCCO1)C(=O)O. The van der Waals surface area contributed by atoms with Gasteiger partial charge in [0.05, 0.1) is 6.10 Å². The van der Waals surface area contributed by atoms with Crippen LogP contribution in [0, 0.1) is 0 Å². The minimum Gasteiger partial charge on any atom is -0.480 e. The Hall–Kier alpha value is -0.650. The molecule has 0 amide bonds. The summed E-state index contributed by atoms with van der Waals surface area (Å²) in [5, 5.41) is 12.5. The molecule has 0 aromatic rings. The fourth-order valence-electron chi connectivity index (χ4n) is 2.34. The van der Waals surface area contributed by atoms with Gasteiger partial charge >= 0.3 is 5.97 Å². The average molecular weight is 258 g/mol. The molecule has 0 aliphatic carbocycles. The number of hydrogen-bond acceptors (Lipinski definition) is 4. The molecule has 106 valence electrons. The second-order valence-electron chi connectivity index (χ2n) is 5.40. The largest absolute Gasteiger partial charge is 0.480 e. The standard InChI is InChI=1S/C13H26N2O3/c1-4-7-14-13(2,12(16)17)10-15(3)9-11-6-5-8-18-11/h11,14H,4-10H2,1-3H3,(H,16,17). The Morgan fingerprint density at radius 3 is 2.83 bits per heavy atom. The van der Waals surface area contributed by atoms with Crippen LogP contribution in [0.5, 0.6) is 0 Å². The maximum atomic E-state index is 11.4. The Bertz CT molecular complexity index is 267. The summed E-state index contributed by atoms with van der Waals surface area (Å²) in [5.41, 5.74) is -0.886. The molecule has 0 aromatic carbocycles. The third-order valence-electron chi connectivity index (χ3n) is 3.36. The first kappa shape index (κ1) is 15.4. The number of likely N-dealkylation sites (N-methyl/N-ethyl adjacent to an activating group) is 1. The van der Waals surface area contributed by atoms with Crippen LogP contribution in [-0.4, -0.2) is 60.9 Å². The highest BCUT2D eigenvalue weighted by Crippen LogP contribution is 2.14. The molecule has 5 heteroatoms. The van der Waals surface area contributed by atoms with E-state index in [9.17, 15) is 9.90 Å². The fraction of sp³-hybridized carbons (Fsp3) is 0.923. The summed E-state index contributed by atoms with van der Waals surface area (Å²) in [6.07, 6.45) is 3.39. The summed E-state index contributed by atoms with van der Waals surface area (Å²) < 4.78 is 5.57. The number of nitrogens with zero attached hydrogens (tertiary/aromatic N) is 1. The second-order valence-corrected chi connectivity index (χ2v) is 5.40. The minimum absolute atomic E-state index is 0.263. The van der Waals surface area contributed by atoms with Gasteiger partial charge in [0.2, 0.25) is 0 Å². The van der Waals surface area contributed by atoms with Gasteiger partial charge < -0.3 is 20.1 Å². The van der Waals surface area contributed by atoms with Crippen LogP contribution in [0.2, 0.25) is 0 Å². The van der Waals surface area contributed by atoms with Gasteiger partial charge in [0.1, 0.15) is 5.54 Å². The van der Waals surface area contributed by atoms with Crippen molar-refractivity contribution in [3.05, 3.63) is 0 Å². The first-order valence-corrected chi connectivity index (χ1v) is 6.76. The van der Waals surface area contributed by atoms with Crippen LogP contribution in [0.25, 0.3) is 0 Å². The van der Waals surface area contributed by atoms with E-state index in [4.69, 9.17) is 4.74 Å². The zero-order valence-corrected chi connectivity index (χ0v) is 11.7. The molecule has 1 saturated heterocycles. The maximum absolute atomic E-state index is 11.4. The van der Waals surface area contributed by atoms with Crippen molar-refractivity contribution in [2.45, 2.75) is 44.8 Å². The highest BCUT2D eigenvalue weighted by Gasteiger charge is 2.34. The van der Waals surface area contributed by atoms with Gasteiger partial charge in [0.25, 0.3) is 0 Å². The smallest absolute Gasteiger partial charge is 0.324 e. The molecule has 0 spiro atoms. The average Bonchev–Trinajstić information content (AvgIpc) is 2.78. The Morgan fingerprint density at radius 2 is 2.33 bits per heavy atom. The van der Waals surface area contributed by atoms with Crippen molar-refractivity contribution in [3.8, 4) is 0 Å². The zero-order valence-electron chi connectivity index (χ0n) is 11.7. The van der Waals surface area contributed by atoms with Gasteiger partial charge in [-0.15, -0.1) is 0 Å². The summed E-state index contributed by atoms with van der Waals surface area (Å²) in [6, 6.07) is 0. The summed E-state index contributed by atoms with van der Waals surface area (Å²) in [5.74, 6) is -0.796. The number of ether oxygens (including phenoxy) is 1. The molecule has 0 saturated carbocycles. The molecule has 18 heavy (non-hydrogen) atoms. The zero-order chi connectivity index (χ0) is 13.6. The van der Waals surface area contributed by atoms with Gasteiger partial charge in [-0.3, -0.25) is 4.79 Å². The van der Waals surface area contributed by atoms with E-state index in [2.05, 4.69) is 5.32 Å². The molecular weight excluding hydrogens is 232 g/mol. The Balaban J connectivity index is 2.45. The van der Waals surface area contributed by atoms with Crippen molar-refractivity contribution in [1.29, 1.82) is 0 Å². The van der Waals surface area contributed by atoms with Crippen molar-refractivity contribution in [1.82, 2.24) is 10.2 Å². The van der Waals surface area contributed by atoms with Crippen molar-refractivity contribution >= 4 is 5.97 Å². The molecule has 5 nitrogen and oxygen atoms in total. The van der Waals surface area contributed by atoms with Gasteiger partial charge in [0.15, 0.2) is 0 Å². The molecule has 0 bridgehead atoms. The van der Waals surface area contributed by atoms with Crippen molar-refractivity contribution < 1.29 is 14.6 Å². The summed E-state index contributed by atoms with van der Waals surface area (Å²) in [7, 11) is 1.95. The van der Waals surface area contributed by atoms with Crippen molar-refractivity contribution in [2.75, 3.05) is 33.3 Å². The van der Waals surface area contributed by atoms with E-state index < -0.39 is 11.5 Å². The quantitative estimate of drug-likeness (QED) is 0.678. The molecule has 2 atom stereocenters. The molecule has 1 rings (SSSR count). The predicted molar refractivity (Wildman–Crippen MR) is 70.8 cm³/mol. The number of aliphatic carboxylic acids is 1. The molecule has 1 heterocycles. The van der Waals surface area contributed by atoms with Gasteiger partial charge in [-0.2, -0.15) is 0 Å². The van der Waals surface area contributed by atoms with Crippen LogP contribution in [0.15, 0.2) is 0 Å². The van der Waals surface area contributed by atoms with Gasteiger partial charge in [0, 0.05) is 19.7 Å². The van der Waals surface area contributed by atoms with Crippen LogP contribution >= 0.6 is 0 Å². The van der Waals surface area contributed by atoms with Crippen molar-refractivity contribution in [2.24, 2.45) is 0 Å². The number of rotatable bonds is 8. The third-order valence-corrected chi connectivity index (χ3v) is 3.36. The molecule has 0 aromatic heterocycles. The van der Waals surface area contributed by atoms with Crippen molar-refractivity contribution in [3.63, 3.8) is 0 Å². The monoisotopic (exact) mass is 258 g/mol. The van der Waals surface area contributed by atoms with E-state index in [1.807, 2.05) is 18.9 Å². The summed E-state index contributed by atoms with van der Waals surface area (Å²) in [4.78, 5) is 13.4. The van der Waals surface area contributed by atoms with Crippen LogP contribution in [0.1, 0.15) is 33.1 Å². The molecule has 0 radical (unpaired) electrons. The van der Waals surface area contributed by atoms with E-state index in [1.54, 1.807) is 6.92 Å². The first-order chi connectivity index (χ1) is 8.48. The minimum atomic E-state index is -0.886. The van der Waals surface area contributed by atoms with E-state index >= 15 is 0 Å². The lowest BCUT2D eigenvalue weighted by molar-refractivity contribution is -0.145. The molecular formula is C13H26N2O3. The second kappa shape index (κ2) is 7.07. The molecule has 1 aliphatic rings. The van der Waals surface area contributed by atoms with Gasteiger partial charge in [-0.1, -0.05) is 6.92 Å². The molecule has 1 fully saturated rings. The number of carboxylic acids is 1. The van der Waals surface area contributed by atoms with Crippen LogP contribution in [0.3, 0.4) is 0 Å². The molecule has 1 aliphatic heterocycles. The lowest BCUT2D eigenvalue weighted by atomic mass is 10.0. The van der Waals surface area contributed by atoms with E-state index in [0.29, 0.717) is 6.54 Å². The normalized spacial score (nSPS) is 23.2. The van der Waals surface area contributed by atoms with Crippen LogP contribution < -0.4 is 5.32 Å². The molecule has 2 N–H and O–H groups in total. The summed E-state index contributed by atoms with van der Waals surface area (Å²) >= 11 is 0. The number of carbonyl (C=O) groups is 1. The lowest BCUT2D eigenvalue weighted by Crippen LogP contribution is -2.57. The summed E-state index contributed by atoms with van der Waals surface area (Å²) in [6.45, 7) is 6.63. The highest BCUT2D eigenvalue weighted by atomic mass is 16.5. The van der Waals surface area contributed by atoms with E-state index in [-0.39, 0.29) is 6.10 Å². The first-order valence-electron chi connectivity index (χ1n) is 6.76. The van der Waals surface area contributed by atoms with Crippen LogP contribution in [-0.2, 0) is 9.53 Å². The number of hydrogen-bond donors (Lipinski definition) is 2. The Morgan fingerprint density at radius 1 is 1.61 bits per heavy atom. The number of carboxylic acid groups (broad SMARTS) is 1.